The van der Waals surface area contributed by atoms with Crippen LogP contribution in [0.4, 0.5) is 0 Å². The van der Waals surface area contributed by atoms with Crippen molar-refractivity contribution in [1.82, 2.24) is 9.21 Å². The Bertz CT molecular complexity index is 920. The first-order valence-corrected chi connectivity index (χ1v) is 11.0. The molecule has 150 valence electrons. The fraction of sp³-hybridized carbons (Fsp3) is 0.381. The van der Waals surface area contributed by atoms with Crippen LogP contribution in [0.15, 0.2) is 48.5 Å². The van der Waals surface area contributed by atoms with Gasteiger partial charge in [-0.1, -0.05) is 30.3 Å². The smallest absolute Gasteiger partial charge is 0.253 e. The number of benzene rings is 2. The first-order chi connectivity index (χ1) is 13.4. The molecule has 0 bridgehead atoms. The van der Waals surface area contributed by atoms with Gasteiger partial charge in [0.1, 0.15) is 5.75 Å². The summed E-state index contributed by atoms with van der Waals surface area (Å²) in [5.41, 5.74) is 2.14. The minimum Gasteiger partial charge on any atom is -0.496 e. The van der Waals surface area contributed by atoms with Gasteiger partial charge < -0.3 is 9.64 Å². The maximum atomic E-state index is 12.7. The molecule has 0 saturated carbocycles. The Morgan fingerprint density at radius 2 is 1.71 bits per heavy atom. The van der Waals surface area contributed by atoms with Crippen LogP contribution >= 0.6 is 0 Å². The molecule has 0 radical (unpaired) electrons. The predicted octanol–water partition coefficient (Wildman–Crippen LogP) is 2.89. The van der Waals surface area contributed by atoms with Gasteiger partial charge >= 0.3 is 0 Å². The van der Waals surface area contributed by atoms with Crippen LogP contribution in [-0.4, -0.2) is 50.8 Å². The van der Waals surface area contributed by atoms with Crippen LogP contribution in [0, 0.1) is 0 Å². The molecule has 1 fully saturated rings. The highest BCUT2D eigenvalue weighted by atomic mass is 32.2. The second-order valence-electron chi connectivity index (χ2n) is 7.03. The van der Waals surface area contributed by atoms with Gasteiger partial charge in [0, 0.05) is 37.8 Å². The molecule has 0 aliphatic carbocycles. The molecule has 1 aliphatic heterocycles. The Morgan fingerprint density at radius 3 is 2.36 bits per heavy atom. The fourth-order valence-electron chi connectivity index (χ4n) is 3.39. The summed E-state index contributed by atoms with van der Waals surface area (Å²) in [6.07, 6.45) is 1.84. The lowest BCUT2D eigenvalue weighted by Crippen LogP contribution is -2.29. The SMILES string of the molecule is COc1ccccc1CN(C)C(=O)c1ccc(CS(=O)(=O)N2CCCC2)cc1. The monoisotopic (exact) mass is 402 g/mol. The molecule has 3 rings (SSSR count). The molecule has 1 aliphatic rings. The first-order valence-electron chi connectivity index (χ1n) is 9.35. The topological polar surface area (TPSA) is 66.9 Å². The number of rotatable bonds is 7. The third kappa shape index (κ3) is 4.72. The lowest BCUT2D eigenvalue weighted by Gasteiger charge is -2.19. The van der Waals surface area contributed by atoms with Gasteiger partial charge in [-0.3, -0.25) is 4.79 Å². The van der Waals surface area contributed by atoms with Gasteiger partial charge in [0.2, 0.25) is 10.0 Å². The molecule has 28 heavy (non-hydrogen) atoms. The Balaban J connectivity index is 1.66. The minimum atomic E-state index is -3.29. The minimum absolute atomic E-state index is 0.0292. The normalized spacial score (nSPS) is 14.8. The molecule has 1 heterocycles. The summed E-state index contributed by atoms with van der Waals surface area (Å²) in [5, 5.41) is 0. The van der Waals surface area contributed by atoms with Crippen molar-refractivity contribution in [3.8, 4) is 5.75 Å². The maximum absolute atomic E-state index is 12.7. The Kier molecular flexibility index (Phi) is 6.36. The van der Waals surface area contributed by atoms with Gasteiger partial charge in [0.15, 0.2) is 0 Å². The number of methoxy groups -OCH3 is 1. The van der Waals surface area contributed by atoms with E-state index in [-0.39, 0.29) is 11.7 Å². The zero-order valence-corrected chi connectivity index (χ0v) is 17.1. The standard InChI is InChI=1S/C21H26N2O4S/c1-22(15-19-7-3-4-8-20(19)27-2)21(24)18-11-9-17(10-12-18)16-28(25,26)23-13-5-6-14-23/h3-4,7-12H,5-6,13-16H2,1-2H3. The summed E-state index contributed by atoms with van der Waals surface area (Å²) in [7, 11) is 0.0566. The van der Waals surface area contributed by atoms with E-state index in [2.05, 4.69) is 0 Å². The van der Waals surface area contributed by atoms with E-state index in [1.807, 2.05) is 24.3 Å². The quantitative estimate of drug-likeness (QED) is 0.714. The van der Waals surface area contributed by atoms with E-state index in [1.54, 1.807) is 47.6 Å². The number of para-hydroxylation sites is 1. The van der Waals surface area contributed by atoms with E-state index >= 15 is 0 Å². The summed E-state index contributed by atoms with van der Waals surface area (Å²) < 4.78 is 31.7. The highest BCUT2D eigenvalue weighted by Gasteiger charge is 2.25. The largest absolute Gasteiger partial charge is 0.496 e. The molecular weight excluding hydrogens is 376 g/mol. The van der Waals surface area contributed by atoms with Crippen LogP contribution in [0.5, 0.6) is 5.75 Å². The molecule has 0 N–H and O–H groups in total. The van der Waals surface area contributed by atoms with Gasteiger partial charge in [0.05, 0.1) is 12.9 Å². The van der Waals surface area contributed by atoms with Crippen molar-refractivity contribution in [3.63, 3.8) is 0 Å². The average molecular weight is 403 g/mol. The van der Waals surface area contributed by atoms with E-state index in [0.717, 1.165) is 24.2 Å². The van der Waals surface area contributed by atoms with Crippen molar-refractivity contribution >= 4 is 15.9 Å². The van der Waals surface area contributed by atoms with E-state index in [9.17, 15) is 13.2 Å². The van der Waals surface area contributed by atoms with Crippen LogP contribution in [0.3, 0.4) is 0 Å². The average Bonchev–Trinajstić information content (AvgIpc) is 3.24. The lowest BCUT2D eigenvalue weighted by molar-refractivity contribution is 0.0784. The highest BCUT2D eigenvalue weighted by molar-refractivity contribution is 7.88. The summed E-state index contributed by atoms with van der Waals surface area (Å²) in [6.45, 7) is 1.63. The van der Waals surface area contributed by atoms with Crippen molar-refractivity contribution in [1.29, 1.82) is 0 Å². The van der Waals surface area contributed by atoms with Crippen LogP contribution < -0.4 is 4.74 Å². The van der Waals surface area contributed by atoms with Gasteiger partial charge in [-0.25, -0.2) is 12.7 Å². The molecule has 2 aromatic rings. The van der Waals surface area contributed by atoms with Crippen molar-refractivity contribution < 1.29 is 17.9 Å². The highest BCUT2D eigenvalue weighted by Crippen LogP contribution is 2.21. The summed E-state index contributed by atoms with van der Waals surface area (Å²) in [4.78, 5) is 14.3. The summed E-state index contributed by atoms with van der Waals surface area (Å²) in [5.74, 6) is 0.586. The zero-order valence-electron chi connectivity index (χ0n) is 16.3. The Hall–Kier alpha value is -2.38. The van der Waals surface area contributed by atoms with E-state index < -0.39 is 10.0 Å². The van der Waals surface area contributed by atoms with Gasteiger partial charge in [-0.15, -0.1) is 0 Å². The maximum Gasteiger partial charge on any atom is 0.253 e. The molecule has 7 heteroatoms. The summed E-state index contributed by atoms with van der Waals surface area (Å²) >= 11 is 0. The van der Waals surface area contributed by atoms with Gasteiger partial charge in [0.25, 0.3) is 5.91 Å². The zero-order chi connectivity index (χ0) is 20.1. The molecule has 0 spiro atoms. The van der Waals surface area contributed by atoms with Crippen LogP contribution in [0.25, 0.3) is 0 Å². The number of carbonyl (C=O) groups excluding carboxylic acids is 1. The van der Waals surface area contributed by atoms with Crippen molar-refractivity contribution in [2.45, 2.75) is 25.1 Å². The van der Waals surface area contributed by atoms with Crippen molar-refractivity contribution in [3.05, 3.63) is 65.2 Å². The number of sulfonamides is 1. The molecule has 0 atom stereocenters. The van der Waals surface area contributed by atoms with Gasteiger partial charge in [-0.2, -0.15) is 0 Å². The number of amides is 1. The molecule has 1 amide bonds. The molecule has 6 nitrogen and oxygen atoms in total. The lowest BCUT2D eigenvalue weighted by atomic mass is 10.1. The fourth-order valence-corrected chi connectivity index (χ4v) is 5.00. The van der Waals surface area contributed by atoms with Crippen molar-refractivity contribution in [2.75, 3.05) is 27.2 Å². The van der Waals surface area contributed by atoms with Crippen LogP contribution in [-0.2, 0) is 22.3 Å². The third-order valence-corrected chi connectivity index (χ3v) is 6.81. The van der Waals surface area contributed by atoms with E-state index in [0.29, 0.717) is 30.8 Å². The van der Waals surface area contributed by atoms with Crippen molar-refractivity contribution in [2.24, 2.45) is 0 Å². The Labute approximate surface area is 166 Å². The predicted molar refractivity (Wildman–Crippen MR) is 109 cm³/mol. The number of nitrogens with zero attached hydrogens (tertiary/aromatic N) is 2. The summed E-state index contributed by atoms with van der Waals surface area (Å²) in [6, 6.07) is 14.4. The molecule has 0 unspecified atom stereocenters. The molecule has 1 saturated heterocycles. The Morgan fingerprint density at radius 1 is 1.07 bits per heavy atom. The first kappa shape index (κ1) is 20.4. The molecular formula is C21H26N2O4S. The second-order valence-corrected chi connectivity index (χ2v) is 9.00. The number of hydrogen-bond donors (Lipinski definition) is 0. The van der Waals surface area contributed by atoms with Gasteiger partial charge in [-0.05, 0) is 36.6 Å². The van der Waals surface area contributed by atoms with E-state index in [4.69, 9.17) is 4.74 Å². The third-order valence-electron chi connectivity index (χ3n) is 4.96. The number of carbonyl (C=O) groups is 1. The molecule has 0 aromatic heterocycles. The molecule has 2 aromatic carbocycles. The number of hydrogen-bond acceptors (Lipinski definition) is 4. The van der Waals surface area contributed by atoms with Crippen LogP contribution in [0.2, 0.25) is 0 Å². The number of ether oxygens (including phenoxy) is 1. The second kappa shape index (κ2) is 8.75. The van der Waals surface area contributed by atoms with Crippen LogP contribution in [0.1, 0.15) is 34.3 Å². The van der Waals surface area contributed by atoms with E-state index in [1.165, 1.54) is 0 Å².